The number of ether oxygens (including phenoxy) is 1. The lowest BCUT2D eigenvalue weighted by Gasteiger charge is -2.10. The largest absolute Gasteiger partial charge is 0.465 e. The van der Waals surface area contributed by atoms with Gasteiger partial charge >= 0.3 is 5.97 Å². The normalized spacial score (nSPS) is 11.7. The molecule has 0 saturated carbocycles. The van der Waals surface area contributed by atoms with E-state index in [1.165, 1.54) is 19.2 Å². The van der Waals surface area contributed by atoms with Gasteiger partial charge < -0.3 is 24.8 Å². The minimum absolute atomic E-state index is 0.255. The number of aromatic amines is 1. The highest BCUT2D eigenvalue weighted by Crippen LogP contribution is 2.19. The maximum atomic E-state index is 13.3. The third kappa shape index (κ3) is 4.96. The van der Waals surface area contributed by atoms with Crippen molar-refractivity contribution in [1.29, 1.82) is 0 Å². The zero-order valence-electron chi connectivity index (χ0n) is 16.8. The molecule has 0 radical (unpaired) electrons. The van der Waals surface area contributed by atoms with Crippen LogP contribution in [-0.2, 0) is 17.7 Å². The minimum atomic E-state index is -0.426. The Bertz CT molecular complexity index is 1020. The lowest BCUT2D eigenvalue weighted by atomic mass is 10.1. The number of furan rings is 1. The Balaban J connectivity index is 1.61. The third-order valence-electron chi connectivity index (χ3n) is 4.53. The average molecular weight is 400 g/mol. The fourth-order valence-corrected chi connectivity index (χ4v) is 3.11. The molecular formula is C21H25FN4O3. The van der Waals surface area contributed by atoms with Crippen molar-refractivity contribution < 1.29 is 18.3 Å². The lowest BCUT2D eigenvalue weighted by Crippen LogP contribution is -2.38. The van der Waals surface area contributed by atoms with Crippen molar-refractivity contribution in [1.82, 2.24) is 15.6 Å². The summed E-state index contributed by atoms with van der Waals surface area (Å²) in [5, 5.41) is 7.47. The second-order valence-electron chi connectivity index (χ2n) is 6.55. The van der Waals surface area contributed by atoms with E-state index in [9.17, 15) is 9.18 Å². The summed E-state index contributed by atoms with van der Waals surface area (Å²) in [6, 6.07) is 6.39. The number of nitrogens with one attached hydrogen (secondary N) is 3. The van der Waals surface area contributed by atoms with Gasteiger partial charge in [0.15, 0.2) is 5.96 Å². The number of hydrogen-bond donors (Lipinski definition) is 3. The number of carbonyl (C=O) groups is 1. The Morgan fingerprint density at radius 3 is 2.90 bits per heavy atom. The van der Waals surface area contributed by atoms with Crippen LogP contribution in [0.15, 0.2) is 39.9 Å². The zero-order chi connectivity index (χ0) is 20.8. The number of aliphatic imine (C=N–C) groups is 1. The van der Waals surface area contributed by atoms with Crippen molar-refractivity contribution in [3.8, 4) is 0 Å². The Hall–Kier alpha value is -3.29. The van der Waals surface area contributed by atoms with Crippen LogP contribution in [0.5, 0.6) is 0 Å². The van der Waals surface area contributed by atoms with Crippen LogP contribution in [0.25, 0.3) is 10.9 Å². The molecule has 3 rings (SSSR count). The molecule has 0 aliphatic carbocycles. The zero-order valence-corrected chi connectivity index (χ0v) is 16.8. The van der Waals surface area contributed by atoms with E-state index in [0.717, 1.165) is 22.9 Å². The molecule has 7 nitrogen and oxygen atoms in total. The van der Waals surface area contributed by atoms with E-state index in [2.05, 4.69) is 20.6 Å². The second kappa shape index (κ2) is 9.27. The van der Waals surface area contributed by atoms with E-state index in [1.54, 1.807) is 19.1 Å². The van der Waals surface area contributed by atoms with Crippen molar-refractivity contribution >= 4 is 22.8 Å². The standard InChI is InChI=1S/C21H25FN4O3/c1-4-23-21(26-12-16-10-18(13(2)29-16)20(27)28-3)24-8-7-14-11-25-19-9-15(22)5-6-17(14)19/h5-6,9-11,25H,4,7-8,12H2,1-3H3,(H2,23,24,26). The summed E-state index contributed by atoms with van der Waals surface area (Å²) in [7, 11) is 1.34. The first-order valence-corrected chi connectivity index (χ1v) is 9.47. The highest BCUT2D eigenvalue weighted by molar-refractivity contribution is 5.90. The van der Waals surface area contributed by atoms with Crippen LogP contribution in [0, 0.1) is 12.7 Å². The summed E-state index contributed by atoms with van der Waals surface area (Å²) >= 11 is 0. The van der Waals surface area contributed by atoms with Crippen molar-refractivity contribution in [3.63, 3.8) is 0 Å². The van der Waals surface area contributed by atoms with E-state index in [0.29, 0.717) is 42.7 Å². The molecule has 0 atom stereocenters. The Morgan fingerprint density at radius 1 is 1.31 bits per heavy atom. The number of benzene rings is 1. The number of aryl methyl sites for hydroxylation is 1. The van der Waals surface area contributed by atoms with Gasteiger partial charge in [-0.05, 0) is 50.1 Å². The number of methoxy groups -OCH3 is 1. The van der Waals surface area contributed by atoms with Crippen LogP contribution in [0.1, 0.15) is 34.4 Å². The number of nitrogens with zero attached hydrogens (tertiary/aromatic N) is 1. The molecule has 3 aromatic rings. The molecule has 3 N–H and O–H groups in total. The van der Waals surface area contributed by atoms with Gasteiger partial charge in [-0.25, -0.2) is 14.2 Å². The first-order chi connectivity index (χ1) is 14.0. The number of guanidine groups is 1. The number of aromatic nitrogens is 1. The van der Waals surface area contributed by atoms with Gasteiger partial charge in [-0.1, -0.05) is 0 Å². The topological polar surface area (TPSA) is 91.7 Å². The van der Waals surface area contributed by atoms with Crippen molar-refractivity contribution in [2.75, 3.05) is 20.2 Å². The van der Waals surface area contributed by atoms with Gasteiger partial charge in [0, 0.05) is 30.2 Å². The van der Waals surface area contributed by atoms with Crippen LogP contribution >= 0.6 is 0 Å². The smallest absolute Gasteiger partial charge is 0.341 e. The van der Waals surface area contributed by atoms with Gasteiger partial charge in [-0.15, -0.1) is 0 Å². The van der Waals surface area contributed by atoms with Crippen LogP contribution in [0.3, 0.4) is 0 Å². The molecule has 2 aromatic heterocycles. The Kier molecular flexibility index (Phi) is 6.54. The molecule has 0 spiro atoms. The lowest BCUT2D eigenvalue weighted by molar-refractivity contribution is 0.0599. The fourth-order valence-electron chi connectivity index (χ4n) is 3.11. The van der Waals surface area contributed by atoms with Crippen LogP contribution in [0.4, 0.5) is 4.39 Å². The summed E-state index contributed by atoms with van der Waals surface area (Å²) in [6.45, 7) is 5.36. The molecule has 0 saturated heterocycles. The van der Waals surface area contributed by atoms with E-state index in [-0.39, 0.29) is 5.82 Å². The predicted octanol–water partition coefficient (Wildman–Crippen LogP) is 3.29. The van der Waals surface area contributed by atoms with E-state index in [4.69, 9.17) is 9.15 Å². The first-order valence-electron chi connectivity index (χ1n) is 9.47. The maximum Gasteiger partial charge on any atom is 0.341 e. The van der Waals surface area contributed by atoms with Crippen LogP contribution < -0.4 is 10.6 Å². The first kappa shape index (κ1) is 20.4. The third-order valence-corrected chi connectivity index (χ3v) is 4.53. The molecule has 0 fully saturated rings. The Morgan fingerprint density at radius 2 is 2.14 bits per heavy atom. The SMILES string of the molecule is CCNC(=NCc1cc(C(=O)OC)c(C)o1)NCCc1c[nH]c2cc(F)ccc12. The number of hydrogen-bond acceptors (Lipinski definition) is 4. The highest BCUT2D eigenvalue weighted by Gasteiger charge is 2.15. The van der Waals surface area contributed by atoms with Crippen molar-refractivity contribution in [3.05, 3.63) is 58.9 Å². The number of fused-ring (bicyclic) bond motifs is 1. The summed E-state index contributed by atoms with van der Waals surface area (Å²) in [4.78, 5) is 19.3. The number of carbonyl (C=O) groups excluding carboxylic acids is 1. The molecule has 0 aliphatic rings. The quantitative estimate of drug-likeness (QED) is 0.322. The number of esters is 1. The summed E-state index contributed by atoms with van der Waals surface area (Å²) in [6.07, 6.45) is 2.65. The molecular weight excluding hydrogens is 375 g/mol. The molecule has 0 aliphatic heterocycles. The number of halogens is 1. The second-order valence-corrected chi connectivity index (χ2v) is 6.55. The molecule has 1 aromatic carbocycles. The molecule has 2 heterocycles. The summed E-state index contributed by atoms with van der Waals surface area (Å²) in [5.74, 6) is 1.06. The van der Waals surface area contributed by atoms with Crippen LogP contribution in [-0.4, -0.2) is 37.1 Å². The molecule has 8 heteroatoms. The molecule has 0 bridgehead atoms. The minimum Gasteiger partial charge on any atom is -0.465 e. The van der Waals surface area contributed by atoms with Gasteiger partial charge in [-0.3, -0.25) is 0 Å². The average Bonchev–Trinajstić information content (AvgIpc) is 3.28. The number of H-pyrrole nitrogens is 1. The van der Waals surface area contributed by atoms with Gasteiger partial charge in [-0.2, -0.15) is 0 Å². The van der Waals surface area contributed by atoms with Crippen LogP contribution in [0.2, 0.25) is 0 Å². The molecule has 154 valence electrons. The van der Waals surface area contributed by atoms with E-state index < -0.39 is 5.97 Å². The summed E-state index contributed by atoms with van der Waals surface area (Å²) < 4.78 is 23.6. The predicted molar refractivity (Wildman–Crippen MR) is 110 cm³/mol. The molecule has 0 unspecified atom stereocenters. The summed E-state index contributed by atoms with van der Waals surface area (Å²) in [5.41, 5.74) is 2.30. The van der Waals surface area contributed by atoms with Gasteiger partial charge in [0.05, 0.1) is 7.11 Å². The van der Waals surface area contributed by atoms with Crippen molar-refractivity contribution in [2.45, 2.75) is 26.8 Å². The molecule has 29 heavy (non-hydrogen) atoms. The highest BCUT2D eigenvalue weighted by atomic mass is 19.1. The fraction of sp³-hybridized carbons (Fsp3) is 0.333. The van der Waals surface area contributed by atoms with Gasteiger partial charge in [0.1, 0.15) is 29.4 Å². The van der Waals surface area contributed by atoms with E-state index in [1.807, 2.05) is 13.1 Å². The monoisotopic (exact) mass is 400 g/mol. The van der Waals surface area contributed by atoms with Gasteiger partial charge in [0.25, 0.3) is 0 Å². The van der Waals surface area contributed by atoms with Gasteiger partial charge in [0.2, 0.25) is 0 Å². The molecule has 0 amide bonds. The maximum absolute atomic E-state index is 13.3. The van der Waals surface area contributed by atoms with Crippen molar-refractivity contribution in [2.24, 2.45) is 4.99 Å². The van der Waals surface area contributed by atoms with E-state index >= 15 is 0 Å². The Labute approximate surface area is 168 Å². The number of rotatable bonds is 7.